The highest BCUT2D eigenvalue weighted by atomic mass is 35.5. The fourth-order valence-corrected chi connectivity index (χ4v) is 2.03. The zero-order chi connectivity index (χ0) is 14.6. The fraction of sp³-hybridized carbons (Fsp3) is 0.417. The van der Waals surface area contributed by atoms with Crippen LogP contribution in [0.2, 0.25) is 5.02 Å². The smallest absolute Gasteiger partial charge is 0.323 e. The molecule has 0 saturated heterocycles. The number of rotatable bonds is 6. The molecule has 1 rings (SSSR count). The highest BCUT2D eigenvalue weighted by Gasteiger charge is 2.24. The Kier molecular flexibility index (Phi) is 5.11. The molecule has 0 bridgehead atoms. The summed E-state index contributed by atoms with van der Waals surface area (Å²) in [6, 6.07) is 4.49. The molecule has 1 aromatic carbocycles. The molecule has 0 radical (unpaired) electrons. The second-order valence-corrected chi connectivity index (χ2v) is 4.94. The lowest BCUT2D eigenvalue weighted by Crippen LogP contribution is -2.33. The normalized spacial score (nSPS) is 10.5. The minimum atomic E-state index is -1.05. The van der Waals surface area contributed by atoms with Crippen LogP contribution in [0.5, 0.6) is 0 Å². The molecule has 7 heteroatoms. The molecule has 19 heavy (non-hydrogen) atoms. The standard InChI is InChI=1S/C12H15ClN2O4/c1-8(2)6-14(7-11(16)17)10-5-3-4-9(13)12(10)15(18)19/h3-5,8H,6-7H2,1-2H3,(H,16,17). The van der Waals surface area contributed by atoms with Gasteiger partial charge in [-0.25, -0.2) is 0 Å². The molecule has 0 saturated carbocycles. The summed E-state index contributed by atoms with van der Waals surface area (Å²) in [5.41, 5.74) is -0.0281. The van der Waals surface area contributed by atoms with Gasteiger partial charge < -0.3 is 10.0 Å². The van der Waals surface area contributed by atoms with E-state index < -0.39 is 10.9 Å². The number of hydrogen-bond donors (Lipinski definition) is 1. The monoisotopic (exact) mass is 286 g/mol. The fourth-order valence-electron chi connectivity index (χ4n) is 1.79. The minimum absolute atomic E-state index is 0.00152. The molecule has 0 atom stereocenters. The van der Waals surface area contributed by atoms with Crippen LogP contribution < -0.4 is 4.90 Å². The Bertz CT molecular complexity index is 491. The van der Waals surface area contributed by atoms with Gasteiger partial charge in [-0.3, -0.25) is 14.9 Å². The van der Waals surface area contributed by atoms with Crippen LogP contribution in [-0.2, 0) is 4.79 Å². The molecule has 0 aliphatic rings. The van der Waals surface area contributed by atoms with Gasteiger partial charge in [0.25, 0.3) is 0 Å². The van der Waals surface area contributed by atoms with Crippen LogP contribution in [0.15, 0.2) is 18.2 Å². The first-order valence-electron chi connectivity index (χ1n) is 5.72. The summed E-state index contributed by atoms with van der Waals surface area (Å²) in [5, 5.41) is 20.0. The van der Waals surface area contributed by atoms with E-state index >= 15 is 0 Å². The van der Waals surface area contributed by atoms with Crippen LogP contribution in [0.1, 0.15) is 13.8 Å². The minimum Gasteiger partial charge on any atom is -0.480 e. The number of carboxylic acid groups (broad SMARTS) is 1. The Morgan fingerprint density at radius 3 is 2.63 bits per heavy atom. The van der Waals surface area contributed by atoms with Crippen molar-refractivity contribution in [3.05, 3.63) is 33.3 Å². The molecule has 0 heterocycles. The second kappa shape index (κ2) is 6.38. The predicted octanol–water partition coefficient (Wildman–Crippen LogP) is 2.80. The number of nitro benzene ring substituents is 1. The Balaban J connectivity index is 3.24. The molecule has 104 valence electrons. The predicted molar refractivity (Wildman–Crippen MR) is 72.8 cm³/mol. The highest BCUT2D eigenvalue weighted by molar-refractivity contribution is 6.33. The molecule has 0 unspecified atom stereocenters. The number of nitrogens with zero attached hydrogens (tertiary/aromatic N) is 2. The third kappa shape index (κ3) is 4.10. The van der Waals surface area contributed by atoms with Crippen molar-refractivity contribution in [2.75, 3.05) is 18.0 Å². The van der Waals surface area contributed by atoms with E-state index in [1.165, 1.54) is 17.0 Å². The molecule has 0 amide bonds. The lowest BCUT2D eigenvalue weighted by Gasteiger charge is -2.24. The summed E-state index contributed by atoms with van der Waals surface area (Å²) in [4.78, 5) is 22.8. The molecule has 0 aliphatic carbocycles. The van der Waals surface area contributed by atoms with Crippen LogP contribution in [0.3, 0.4) is 0 Å². The Morgan fingerprint density at radius 1 is 1.53 bits per heavy atom. The van der Waals surface area contributed by atoms with E-state index in [-0.39, 0.29) is 28.9 Å². The zero-order valence-corrected chi connectivity index (χ0v) is 11.4. The van der Waals surface area contributed by atoms with Gasteiger partial charge in [0.2, 0.25) is 0 Å². The number of carboxylic acids is 1. The number of anilines is 1. The van der Waals surface area contributed by atoms with Crippen molar-refractivity contribution in [1.82, 2.24) is 0 Å². The summed E-state index contributed by atoms with van der Waals surface area (Å²) < 4.78 is 0. The molecule has 0 aliphatic heterocycles. The van der Waals surface area contributed by atoms with Gasteiger partial charge in [0.15, 0.2) is 0 Å². The number of nitro groups is 1. The van der Waals surface area contributed by atoms with Crippen LogP contribution >= 0.6 is 11.6 Å². The number of aliphatic carboxylic acids is 1. The van der Waals surface area contributed by atoms with Crippen molar-refractivity contribution >= 4 is 28.9 Å². The Morgan fingerprint density at radius 2 is 2.16 bits per heavy atom. The number of benzene rings is 1. The first-order chi connectivity index (χ1) is 8.82. The van der Waals surface area contributed by atoms with Gasteiger partial charge >= 0.3 is 11.7 Å². The zero-order valence-electron chi connectivity index (χ0n) is 10.7. The largest absolute Gasteiger partial charge is 0.480 e. The summed E-state index contributed by atoms with van der Waals surface area (Å²) in [7, 11) is 0. The van der Waals surface area contributed by atoms with Crippen LogP contribution in [0, 0.1) is 16.0 Å². The van der Waals surface area contributed by atoms with Gasteiger partial charge in [-0.1, -0.05) is 31.5 Å². The summed E-state index contributed by atoms with van der Waals surface area (Å²) in [6.45, 7) is 3.91. The van der Waals surface area contributed by atoms with Crippen molar-refractivity contribution in [3.63, 3.8) is 0 Å². The Hall–Kier alpha value is -1.82. The Labute approximate surface area is 115 Å². The van der Waals surface area contributed by atoms with Crippen LogP contribution in [-0.4, -0.2) is 29.1 Å². The van der Waals surface area contributed by atoms with Gasteiger partial charge in [-0.15, -0.1) is 0 Å². The van der Waals surface area contributed by atoms with Gasteiger partial charge in [0.1, 0.15) is 17.3 Å². The molecular weight excluding hydrogens is 272 g/mol. The van der Waals surface area contributed by atoms with E-state index in [4.69, 9.17) is 16.7 Å². The van der Waals surface area contributed by atoms with Crippen LogP contribution in [0.25, 0.3) is 0 Å². The van der Waals surface area contributed by atoms with Gasteiger partial charge in [-0.05, 0) is 18.1 Å². The van der Waals surface area contributed by atoms with Crippen molar-refractivity contribution in [2.45, 2.75) is 13.8 Å². The average Bonchev–Trinajstić information content (AvgIpc) is 2.25. The van der Waals surface area contributed by atoms with Crippen LogP contribution in [0.4, 0.5) is 11.4 Å². The second-order valence-electron chi connectivity index (χ2n) is 4.53. The summed E-state index contributed by atoms with van der Waals surface area (Å²) in [6.07, 6.45) is 0. The first-order valence-corrected chi connectivity index (χ1v) is 6.10. The summed E-state index contributed by atoms with van der Waals surface area (Å²) in [5.74, 6) is -0.882. The van der Waals surface area contributed by atoms with E-state index in [9.17, 15) is 14.9 Å². The quantitative estimate of drug-likeness (QED) is 0.642. The number of para-hydroxylation sites is 1. The first kappa shape index (κ1) is 15.2. The SMILES string of the molecule is CC(C)CN(CC(=O)O)c1cccc(Cl)c1[N+](=O)[O-]. The molecule has 0 spiro atoms. The number of carbonyl (C=O) groups is 1. The van der Waals surface area contributed by atoms with E-state index in [1.807, 2.05) is 13.8 Å². The molecule has 0 aromatic heterocycles. The van der Waals surface area contributed by atoms with Crippen molar-refractivity contribution in [3.8, 4) is 0 Å². The van der Waals surface area contributed by atoms with Gasteiger partial charge in [0, 0.05) is 6.54 Å². The maximum absolute atomic E-state index is 11.1. The maximum Gasteiger partial charge on any atom is 0.323 e. The average molecular weight is 287 g/mol. The molecular formula is C12H15ClN2O4. The van der Waals surface area contributed by atoms with E-state index in [0.717, 1.165) is 0 Å². The summed E-state index contributed by atoms with van der Waals surface area (Å²) >= 11 is 5.83. The molecule has 1 aromatic rings. The third-order valence-electron chi connectivity index (χ3n) is 2.40. The third-order valence-corrected chi connectivity index (χ3v) is 2.71. The molecule has 1 N–H and O–H groups in total. The molecule has 6 nitrogen and oxygen atoms in total. The lowest BCUT2D eigenvalue weighted by atomic mass is 10.1. The van der Waals surface area contributed by atoms with Gasteiger partial charge in [0.05, 0.1) is 4.92 Å². The van der Waals surface area contributed by atoms with E-state index in [2.05, 4.69) is 0 Å². The number of hydrogen-bond acceptors (Lipinski definition) is 4. The van der Waals surface area contributed by atoms with Crippen molar-refractivity contribution < 1.29 is 14.8 Å². The van der Waals surface area contributed by atoms with Crippen molar-refractivity contribution in [1.29, 1.82) is 0 Å². The van der Waals surface area contributed by atoms with E-state index in [0.29, 0.717) is 6.54 Å². The van der Waals surface area contributed by atoms with E-state index in [1.54, 1.807) is 6.07 Å². The maximum atomic E-state index is 11.1. The highest BCUT2D eigenvalue weighted by Crippen LogP contribution is 2.35. The molecule has 0 fully saturated rings. The lowest BCUT2D eigenvalue weighted by molar-refractivity contribution is -0.384. The topological polar surface area (TPSA) is 83.7 Å². The number of halogens is 1. The van der Waals surface area contributed by atoms with Gasteiger partial charge in [-0.2, -0.15) is 0 Å². The van der Waals surface area contributed by atoms with Crippen molar-refractivity contribution in [2.24, 2.45) is 5.92 Å².